The van der Waals surface area contributed by atoms with Gasteiger partial charge in [0.15, 0.2) is 5.79 Å². The molecule has 5 nitrogen and oxygen atoms in total. The van der Waals surface area contributed by atoms with E-state index in [4.69, 9.17) is 15.2 Å². The van der Waals surface area contributed by atoms with Gasteiger partial charge in [-0.15, -0.1) is 0 Å². The summed E-state index contributed by atoms with van der Waals surface area (Å²) in [7, 11) is 3.26. The molecule has 0 spiro atoms. The second-order valence-electron chi connectivity index (χ2n) is 9.17. The number of nitrogens with two attached hydrogens (primary N) is 1. The maximum Gasteiger partial charge on any atom is 0.188 e. The number of hydrogen-bond acceptors (Lipinski definition) is 5. The molecule has 4 aromatic carbocycles. The maximum atomic E-state index is 11.5. The molecule has 0 aliphatic carbocycles. The molecule has 0 amide bonds. The number of rotatable bonds is 12. The summed E-state index contributed by atoms with van der Waals surface area (Å²) in [5.74, 6) is -1.30. The first-order valence-electron chi connectivity index (χ1n) is 12.5. The van der Waals surface area contributed by atoms with Gasteiger partial charge in [0, 0.05) is 27.2 Å². The van der Waals surface area contributed by atoms with Gasteiger partial charge in [-0.3, -0.25) is 5.32 Å². The Kier molecular flexibility index (Phi) is 8.87. The van der Waals surface area contributed by atoms with Gasteiger partial charge in [-0.05, 0) is 22.3 Å². The molecule has 0 heterocycles. The lowest BCUT2D eigenvalue weighted by Gasteiger charge is -2.51. The van der Waals surface area contributed by atoms with Crippen molar-refractivity contribution < 1.29 is 14.6 Å². The van der Waals surface area contributed by atoms with E-state index in [2.05, 4.69) is 41.7 Å². The minimum Gasteiger partial charge on any atom is -0.390 e. The van der Waals surface area contributed by atoms with Gasteiger partial charge in [0.1, 0.15) is 0 Å². The number of ether oxygens (including phenoxy) is 2. The second kappa shape index (κ2) is 12.3. The van der Waals surface area contributed by atoms with Crippen molar-refractivity contribution >= 4 is 0 Å². The van der Waals surface area contributed by atoms with E-state index < -0.39 is 23.5 Å². The van der Waals surface area contributed by atoms with Crippen LogP contribution in [0.25, 0.3) is 0 Å². The molecular formula is C32H36N2O3. The van der Waals surface area contributed by atoms with Crippen molar-refractivity contribution in [1.29, 1.82) is 0 Å². The van der Waals surface area contributed by atoms with Crippen LogP contribution in [-0.2, 0) is 21.4 Å². The molecular weight excluding hydrogens is 460 g/mol. The van der Waals surface area contributed by atoms with Gasteiger partial charge < -0.3 is 20.3 Å². The fraction of sp³-hybridized carbons (Fsp3) is 0.250. The fourth-order valence-corrected chi connectivity index (χ4v) is 5.30. The van der Waals surface area contributed by atoms with E-state index in [0.29, 0.717) is 6.54 Å². The average molecular weight is 497 g/mol. The lowest BCUT2D eigenvalue weighted by atomic mass is 9.62. The van der Waals surface area contributed by atoms with Crippen molar-refractivity contribution in [1.82, 2.24) is 5.32 Å². The molecule has 0 aliphatic heterocycles. The van der Waals surface area contributed by atoms with Crippen LogP contribution >= 0.6 is 0 Å². The number of nitrogens with one attached hydrogen (secondary N) is 1. The Balaban J connectivity index is 1.82. The van der Waals surface area contributed by atoms with Crippen LogP contribution in [0, 0.1) is 0 Å². The molecule has 0 bridgehead atoms. The first-order valence-corrected chi connectivity index (χ1v) is 12.5. The van der Waals surface area contributed by atoms with Crippen LogP contribution in [-0.4, -0.2) is 37.4 Å². The standard InChI is InChI=1S/C32H36N2O3/c1-36-31(37-2,23-29(35)30(33)34-24-25-15-7-3-8-16-25)32(26-17-9-4-10-18-26,27-19-11-5-12-20-27)28-21-13-6-14-22-28/h3-22,29-30,34-35H,23-24,33H2,1-2H3. The first kappa shape index (κ1) is 26.7. The molecule has 0 fully saturated rings. The summed E-state index contributed by atoms with van der Waals surface area (Å²) < 4.78 is 12.7. The van der Waals surface area contributed by atoms with Crippen molar-refractivity contribution in [2.24, 2.45) is 5.73 Å². The molecule has 4 N–H and O–H groups in total. The third-order valence-corrected chi connectivity index (χ3v) is 7.13. The van der Waals surface area contributed by atoms with Gasteiger partial charge in [0.05, 0.1) is 17.7 Å². The zero-order chi connectivity index (χ0) is 26.1. The topological polar surface area (TPSA) is 76.7 Å². The molecule has 0 saturated heterocycles. The molecule has 2 atom stereocenters. The van der Waals surface area contributed by atoms with Gasteiger partial charge in [-0.1, -0.05) is 121 Å². The lowest BCUT2D eigenvalue weighted by Crippen LogP contribution is -2.60. The number of hydrogen-bond donors (Lipinski definition) is 3. The average Bonchev–Trinajstić information content (AvgIpc) is 2.97. The molecule has 0 aromatic heterocycles. The molecule has 4 rings (SSSR count). The quantitative estimate of drug-likeness (QED) is 0.193. The van der Waals surface area contributed by atoms with Crippen LogP contribution in [0.4, 0.5) is 0 Å². The predicted octanol–water partition coefficient (Wildman–Crippen LogP) is 4.84. The van der Waals surface area contributed by atoms with Crippen LogP contribution in [0.1, 0.15) is 28.7 Å². The summed E-state index contributed by atoms with van der Waals surface area (Å²) in [5.41, 5.74) is 9.58. The van der Waals surface area contributed by atoms with E-state index in [1.54, 1.807) is 14.2 Å². The van der Waals surface area contributed by atoms with Crippen LogP contribution in [0.2, 0.25) is 0 Å². The second-order valence-corrected chi connectivity index (χ2v) is 9.17. The van der Waals surface area contributed by atoms with Gasteiger partial charge >= 0.3 is 0 Å². The molecule has 0 radical (unpaired) electrons. The summed E-state index contributed by atoms with van der Waals surface area (Å²) in [6, 6.07) is 40.5. The summed E-state index contributed by atoms with van der Waals surface area (Å²) in [6.45, 7) is 0.535. The number of methoxy groups -OCH3 is 2. The van der Waals surface area contributed by atoms with Gasteiger partial charge in [-0.2, -0.15) is 0 Å². The van der Waals surface area contributed by atoms with Crippen molar-refractivity contribution in [2.45, 2.75) is 36.4 Å². The Hall–Kier alpha value is -3.32. The van der Waals surface area contributed by atoms with Crippen molar-refractivity contribution in [3.05, 3.63) is 144 Å². The van der Waals surface area contributed by atoms with Crippen molar-refractivity contribution in [3.8, 4) is 0 Å². The molecule has 0 aliphatic rings. The Bertz CT molecular complexity index is 1100. The molecule has 192 valence electrons. The van der Waals surface area contributed by atoms with Crippen LogP contribution in [0.3, 0.4) is 0 Å². The Morgan fingerprint density at radius 1 is 0.676 bits per heavy atom. The number of aliphatic hydroxyl groups excluding tert-OH is 1. The number of aliphatic hydroxyl groups is 1. The summed E-state index contributed by atoms with van der Waals surface area (Å²) in [6.07, 6.45) is -1.56. The zero-order valence-corrected chi connectivity index (χ0v) is 21.5. The SMILES string of the molecule is COC(CC(O)C(N)NCc1ccccc1)(OC)C(c1ccccc1)(c1ccccc1)c1ccccc1. The van der Waals surface area contributed by atoms with Crippen LogP contribution in [0.5, 0.6) is 0 Å². The highest BCUT2D eigenvalue weighted by atomic mass is 16.7. The third kappa shape index (κ3) is 5.37. The zero-order valence-electron chi connectivity index (χ0n) is 21.5. The Morgan fingerprint density at radius 3 is 1.43 bits per heavy atom. The van der Waals surface area contributed by atoms with Gasteiger partial charge in [0.25, 0.3) is 0 Å². The third-order valence-electron chi connectivity index (χ3n) is 7.13. The summed E-state index contributed by atoms with van der Waals surface area (Å²) in [5, 5.41) is 14.7. The molecule has 2 unspecified atom stereocenters. The van der Waals surface area contributed by atoms with Crippen molar-refractivity contribution in [3.63, 3.8) is 0 Å². The van der Waals surface area contributed by atoms with Gasteiger partial charge in [0.2, 0.25) is 0 Å². The molecule has 4 aromatic rings. The number of benzene rings is 4. The highest BCUT2D eigenvalue weighted by Gasteiger charge is 2.57. The summed E-state index contributed by atoms with van der Waals surface area (Å²) >= 11 is 0. The Morgan fingerprint density at radius 2 is 1.05 bits per heavy atom. The monoisotopic (exact) mass is 496 g/mol. The van der Waals surface area contributed by atoms with Crippen molar-refractivity contribution in [2.75, 3.05) is 14.2 Å². The summed E-state index contributed by atoms with van der Waals surface area (Å²) in [4.78, 5) is 0. The van der Waals surface area contributed by atoms with E-state index in [1.165, 1.54) is 0 Å². The molecule has 0 saturated carbocycles. The van der Waals surface area contributed by atoms with Crippen LogP contribution in [0.15, 0.2) is 121 Å². The highest BCUT2D eigenvalue weighted by molar-refractivity contribution is 5.53. The van der Waals surface area contributed by atoms with E-state index in [0.717, 1.165) is 22.3 Å². The largest absolute Gasteiger partial charge is 0.390 e. The lowest BCUT2D eigenvalue weighted by molar-refractivity contribution is -0.250. The van der Waals surface area contributed by atoms with E-state index in [9.17, 15) is 5.11 Å². The fourth-order valence-electron chi connectivity index (χ4n) is 5.30. The Labute approximate surface area is 219 Å². The molecule has 5 heteroatoms. The van der Waals surface area contributed by atoms with Gasteiger partial charge in [-0.25, -0.2) is 0 Å². The van der Waals surface area contributed by atoms with Crippen LogP contribution < -0.4 is 11.1 Å². The van der Waals surface area contributed by atoms with E-state index in [1.807, 2.05) is 84.9 Å². The maximum absolute atomic E-state index is 11.5. The highest BCUT2D eigenvalue weighted by Crippen LogP contribution is 2.51. The first-order chi connectivity index (χ1) is 18.1. The minimum absolute atomic E-state index is 0.113. The minimum atomic E-state index is -1.30. The normalized spacial score (nSPS) is 13.7. The van der Waals surface area contributed by atoms with E-state index in [-0.39, 0.29) is 6.42 Å². The van der Waals surface area contributed by atoms with E-state index >= 15 is 0 Å². The smallest absolute Gasteiger partial charge is 0.188 e. The molecule has 37 heavy (non-hydrogen) atoms. The predicted molar refractivity (Wildman–Crippen MR) is 148 cm³/mol.